The number of carbonyl (C=O) groups excluding carboxylic acids is 1. The summed E-state index contributed by atoms with van der Waals surface area (Å²) in [6, 6.07) is 15.0. The van der Waals surface area contributed by atoms with Gasteiger partial charge in [0.25, 0.3) is 0 Å². The molecule has 0 radical (unpaired) electrons. The maximum Gasteiger partial charge on any atom is 0.165 e. The number of aliphatic imine (C=N–C) groups is 1. The van der Waals surface area contributed by atoms with Crippen molar-refractivity contribution in [3.05, 3.63) is 64.3 Å². The first-order chi connectivity index (χ1) is 16.0. The first-order valence-electron chi connectivity index (χ1n) is 12.1. The predicted molar refractivity (Wildman–Crippen MR) is 133 cm³/mol. The number of fused-ring (bicyclic) bond motifs is 2. The highest BCUT2D eigenvalue weighted by Gasteiger charge is 2.31. The van der Waals surface area contributed by atoms with Gasteiger partial charge in [-0.05, 0) is 80.8 Å². The van der Waals surface area contributed by atoms with Gasteiger partial charge in [0.1, 0.15) is 0 Å². The highest BCUT2D eigenvalue weighted by molar-refractivity contribution is 6.30. The fraction of sp³-hybridized carbons (Fsp3) is 0.429. The summed E-state index contributed by atoms with van der Waals surface area (Å²) < 4.78 is 7.60. The minimum absolute atomic E-state index is 0.261. The largest absolute Gasteiger partial charge is 0.381 e. The fourth-order valence-corrected chi connectivity index (χ4v) is 6.09. The van der Waals surface area contributed by atoms with Gasteiger partial charge in [0, 0.05) is 45.4 Å². The first kappa shape index (κ1) is 21.1. The molecule has 0 amide bonds. The number of hydrogen-bond acceptors (Lipinski definition) is 3. The van der Waals surface area contributed by atoms with Crippen molar-refractivity contribution in [2.45, 2.75) is 51.5 Å². The number of nitrogens with zero attached hydrogens (tertiary/aromatic N) is 2. The Hall–Kier alpha value is -2.43. The van der Waals surface area contributed by atoms with Crippen molar-refractivity contribution >= 4 is 34.0 Å². The molecule has 0 saturated carbocycles. The van der Waals surface area contributed by atoms with Crippen LogP contribution in [-0.4, -0.2) is 35.3 Å². The molecule has 4 heterocycles. The van der Waals surface area contributed by atoms with Gasteiger partial charge < -0.3 is 9.30 Å². The predicted octanol–water partition coefficient (Wildman–Crippen LogP) is 6.37. The summed E-state index contributed by atoms with van der Waals surface area (Å²) in [6.45, 7) is 3.76. The lowest BCUT2D eigenvalue weighted by molar-refractivity contribution is -0.0312. The molecule has 1 fully saturated rings. The lowest BCUT2D eigenvalue weighted by Crippen LogP contribution is -2.29. The standard InChI is InChI=1S/C28H29ClN2O2/c1-17-28(27(32)14-19-11-22-5-6-23(12-19)30-22)25-9-2-18(10-20-15-33-16-20)13-26(25)31(17)24-7-3-21(29)4-8-24/h2-4,7-9,13,19-20,22H,5-6,10-12,14-16H2,1H3/t19?,22-/m1/s1. The number of carbonyl (C=O) groups is 1. The van der Waals surface area contributed by atoms with Crippen molar-refractivity contribution < 1.29 is 9.53 Å². The van der Waals surface area contributed by atoms with E-state index in [2.05, 4.69) is 29.7 Å². The second-order valence-electron chi connectivity index (χ2n) is 10.1. The SMILES string of the molecule is Cc1c(C(=O)CC2CC3=N[C@H](CC3)C2)c2ccc(CC3COC3)cc2n1-c1ccc(Cl)cc1. The summed E-state index contributed by atoms with van der Waals surface area (Å²) in [6.07, 6.45) is 5.96. The van der Waals surface area contributed by atoms with Gasteiger partial charge in [0.15, 0.2) is 5.78 Å². The van der Waals surface area contributed by atoms with Gasteiger partial charge in [-0.25, -0.2) is 0 Å². The third kappa shape index (κ3) is 3.94. The van der Waals surface area contributed by atoms with Crippen molar-refractivity contribution in [2.24, 2.45) is 16.8 Å². The number of Topliss-reactive ketones (excluding diaryl/α,β-unsaturated/α-hetero) is 1. The van der Waals surface area contributed by atoms with Gasteiger partial charge in [0.2, 0.25) is 0 Å². The van der Waals surface area contributed by atoms with E-state index in [9.17, 15) is 4.79 Å². The van der Waals surface area contributed by atoms with E-state index in [0.29, 0.717) is 29.3 Å². The van der Waals surface area contributed by atoms with Crippen molar-refractivity contribution in [2.75, 3.05) is 13.2 Å². The Bertz CT molecular complexity index is 1250. The molecule has 170 valence electrons. The molecule has 3 aromatic rings. The summed E-state index contributed by atoms with van der Waals surface area (Å²) in [5.41, 5.74) is 6.65. The monoisotopic (exact) mass is 460 g/mol. The highest BCUT2D eigenvalue weighted by Crippen LogP contribution is 2.36. The Labute approximate surface area is 199 Å². The van der Waals surface area contributed by atoms with E-state index in [-0.39, 0.29) is 5.78 Å². The average Bonchev–Trinajstić information content (AvgIpc) is 3.26. The van der Waals surface area contributed by atoms with Crippen molar-refractivity contribution in [3.63, 3.8) is 0 Å². The third-order valence-electron chi connectivity index (χ3n) is 7.60. The Morgan fingerprint density at radius 1 is 1.15 bits per heavy atom. The first-order valence-corrected chi connectivity index (χ1v) is 12.5. The van der Waals surface area contributed by atoms with E-state index in [0.717, 1.165) is 66.7 Å². The van der Waals surface area contributed by atoms with Gasteiger partial charge in [0.05, 0.1) is 24.8 Å². The number of ketones is 1. The summed E-state index contributed by atoms with van der Waals surface area (Å²) in [4.78, 5) is 18.5. The van der Waals surface area contributed by atoms with Crippen molar-refractivity contribution in [3.8, 4) is 5.69 Å². The van der Waals surface area contributed by atoms with Crippen LogP contribution in [-0.2, 0) is 11.2 Å². The molecular formula is C28H29ClN2O2. The maximum absolute atomic E-state index is 13.7. The van der Waals surface area contributed by atoms with Crippen LogP contribution in [0.4, 0.5) is 0 Å². The van der Waals surface area contributed by atoms with E-state index in [4.69, 9.17) is 21.3 Å². The molecule has 4 nitrogen and oxygen atoms in total. The number of benzene rings is 2. The minimum Gasteiger partial charge on any atom is -0.381 e. The topological polar surface area (TPSA) is 43.6 Å². The molecular weight excluding hydrogens is 432 g/mol. The summed E-state index contributed by atoms with van der Waals surface area (Å²) >= 11 is 6.17. The van der Waals surface area contributed by atoms with Crippen LogP contribution in [0.5, 0.6) is 0 Å². The van der Waals surface area contributed by atoms with Gasteiger partial charge in [-0.15, -0.1) is 0 Å². The second-order valence-corrected chi connectivity index (χ2v) is 10.5. The maximum atomic E-state index is 13.7. The molecule has 6 rings (SSSR count). The average molecular weight is 461 g/mol. The van der Waals surface area contributed by atoms with Gasteiger partial charge in [-0.2, -0.15) is 0 Å². The van der Waals surface area contributed by atoms with Crippen molar-refractivity contribution in [1.29, 1.82) is 0 Å². The van der Waals surface area contributed by atoms with E-state index in [1.807, 2.05) is 24.3 Å². The van der Waals surface area contributed by atoms with Crippen molar-refractivity contribution in [1.82, 2.24) is 4.57 Å². The van der Waals surface area contributed by atoms with E-state index in [1.165, 1.54) is 17.7 Å². The van der Waals surface area contributed by atoms with Crippen LogP contribution < -0.4 is 0 Å². The molecule has 33 heavy (non-hydrogen) atoms. The number of halogens is 1. The number of hydrogen-bond donors (Lipinski definition) is 0. The van der Waals surface area contributed by atoms with E-state index >= 15 is 0 Å². The summed E-state index contributed by atoms with van der Waals surface area (Å²) in [7, 11) is 0. The Morgan fingerprint density at radius 3 is 2.70 bits per heavy atom. The molecule has 1 aromatic heterocycles. The molecule has 0 N–H and O–H groups in total. The van der Waals surface area contributed by atoms with Crippen LogP contribution in [0.1, 0.15) is 53.7 Å². The fourth-order valence-electron chi connectivity index (χ4n) is 5.97. The normalized spacial score (nSPS) is 22.4. The molecule has 3 aliphatic heterocycles. The lowest BCUT2D eigenvalue weighted by atomic mass is 9.88. The molecule has 2 bridgehead atoms. The van der Waals surface area contributed by atoms with Crippen LogP contribution in [0.15, 0.2) is 47.5 Å². The molecule has 2 aromatic carbocycles. The molecule has 3 aliphatic rings. The molecule has 0 spiro atoms. The van der Waals surface area contributed by atoms with E-state index < -0.39 is 0 Å². The van der Waals surface area contributed by atoms with Crippen LogP contribution in [0.3, 0.4) is 0 Å². The molecule has 1 saturated heterocycles. The minimum atomic E-state index is 0.261. The van der Waals surface area contributed by atoms with Crippen LogP contribution in [0, 0.1) is 18.8 Å². The second kappa shape index (κ2) is 8.41. The number of rotatable bonds is 6. The van der Waals surface area contributed by atoms with E-state index in [1.54, 1.807) is 0 Å². The number of aromatic nitrogens is 1. The molecule has 1 unspecified atom stereocenters. The Balaban J connectivity index is 1.40. The van der Waals surface area contributed by atoms with Crippen LogP contribution in [0.2, 0.25) is 5.02 Å². The number of ether oxygens (including phenoxy) is 1. The highest BCUT2D eigenvalue weighted by atomic mass is 35.5. The van der Waals surface area contributed by atoms with Gasteiger partial charge in [-0.3, -0.25) is 9.79 Å². The Morgan fingerprint density at radius 2 is 1.97 bits per heavy atom. The van der Waals surface area contributed by atoms with Gasteiger partial charge >= 0.3 is 0 Å². The summed E-state index contributed by atoms with van der Waals surface area (Å²) in [5, 5.41) is 1.77. The summed E-state index contributed by atoms with van der Waals surface area (Å²) in [5.74, 6) is 1.27. The molecule has 5 heteroatoms. The molecule has 2 atom stereocenters. The zero-order chi connectivity index (χ0) is 22.5. The Kier molecular flexibility index (Phi) is 5.38. The van der Waals surface area contributed by atoms with Gasteiger partial charge in [-0.1, -0.05) is 23.7 Å². The van der Waals surface area contributed by atoms with Crippen LogP contribution in [0.25, 0.3) is 16.6 Å². The third-order valence-corrected chi connectivity index (χ3v) is 7.85. The lowest BCUT2D eigenvalue weighted by Gasteiger charge is -2.25. The quantitative estimate of drug-likeness (QED) is 0.401. The smallest absolute Gasteiger partial charge is 0.165 e. The molecule has 0 aliphatic carbocycles. The zero-order valence-electron chi connectivity index (χ0n) is 19.0. The zero-order valence-corrected chi connectivity index (χ0v) is 19.8. The van der Waals surface area contributed by atoms with Crippen LogP contribution >= 0.6 is 11.6 Å².